The monoisotopic (exact) mass is 522 g/mol. The summed E-state index contributed by atoms with van der Waals surface area (Å²) in [6.07, 6.45) is 1.93. The highest BCUT2D eigenvalue weighted by atomic mass is 16.5. The van der Waals surface area contributed by atoms with E-state index in [1.54, 1.807) is 17.0 Å². The van der Waals surface area contributed by atoms with E-state index in [1.807, 2.05) is 44.2 Å². The maximum Gasteiger partial charge on any atom is 0.295 e. The highest BCUT2D eigenvalue weighted by molar-refractivity contribution is 6.46. The molecule has 1 atom stereocenters. The zero-order valence-corrected chi connectivity index (χ0v) is 22.6. The highest BCUT2D eigenvalue weighted by Gasteiger charge is 2.46. The van der Waals surface area contributed by atoms with E-state index in [9.17, 15) is 14.7 Å². The molecule has 8 nitrogen and oxygen atoms in total. The predicted octanol–water partition coefficient (Wildman–Crippen LogP) is 4.33. The van der Waals surface area contributed by atoms with Gasteiger partial charge in [0.15, 0.2) is 11.5 Å². The molecule has 0 bridgehead atoms. The van der Waals surface area contributed by atoms with Gasteiger partial charge >= 0.3 is 0 Å². The van der Waals surface area contributed by atoms with Crippen molar-refractivity contribution in [2.75, 3.05) is 52.6 Å². The molecule has 38 heavy (non-hydrogen) atoms. The Balaban J connectivity index is 1.75. The number of amides is 1. The van der Waals surface area contributed by atoms with Gasteiger partial charge in [0.05, 0.1) is 38.0 Å². The molecule has 2 aliphatic rings. The minimum absolute atomic E-state index is 0.0860. The van der Waals surface area contributed by atoms with Crippen LogP contribution in [0.15, 0.2) is 48.0 Å². The largest absolute Gasteiger partial charge is 0.507 e. The second-order valence-electron chi connectivity index (χ2n) is 9.65. The number of benzene rings is 2. The van der Waals surface area contributed by atoms with Crippen molar-refractivity contribution < 1.29 is 28.9 Å². The number of carbonyl (C=O) groups excluding carboxylic acids is 2. The fourth-order valence-electron chi connectivity index (χ4n) is 4.81. The topological polar surface area (TPSA) is 88.5 Å². The van der Waals surface area contributed by atoms with Gasteiger partial charge in [0, 0.05) is 31.7 Å². The van der Waals surface area contributed by atoms with Crippen LogP contribution in [0, 0.1) is 6.92 Å². The second kappa shape index (κ2) is 12.9. The molecule has 1 amide bonds. The number of aliphatic hydroxyl groups excluding tert-OH is 1. The zero-order chi connectivity index (χ0) is 27.1. The van der Waals surface area contributed by atoms with Crippen molar-refractivity contribution in [1.82, 2.24) is 9.80 Å². The summed E-state index contributed by atoms with van der Waals surface area (Å²) in [4.78, 5) is 30.5. The molecule has 0 saturated carbocycles. The van der Waals surface area contributed by atoms with Crippen molar-refractivity contribution in [1.29, 1.82) is 0 Å². The number of Topliss-reactive ketones (excluding diaryl/α,β-unsaturated/α-hetero) is 1. The number of hydrogen-bond acceptors (Lipinski definition) is 7. The Morgan fingerprint density at radius 2 is 1.74 bits per heavy atom. The molecule has 2 aromatic carbocycles. The Bertz CT molecular complexity index is 1150. The lowest BCUT2D eigenvalue weighted by atomic mass is 9.94. The summed E-state index contributed by atoms with van der Waals surface area (Å²) in [7, 11) is 0. The van der Waals surface area contributed by atoms with Gasteiger partial charge < -0.3 is 24.2 Å². The van der Waals surface area contributed by atoms with Crippen LogP contribution in [-0.2, 0) is 14.3 Å². The first kappa shape index (κ1) is 27.7. The highest BCUT2D eigenvalue weighted by Crippen LogP contribution is 2.42. The van der Waals surface area contributed by atoms with Crippen LogP contribution in [0.4, 0.5) is 0 Å². The van der Waals surface area contributed by atoms with Crippen LogP contribution in [0.3, 0.4) is 0 Å². The quantitative estimate of drug-likeness (QED) is 0.203. The molecule has 2 saturated heterocycles. The van der Waals surface area contributed by atoms with Crippen molar-refractivity contribution >= 4 is 17.4 Å². The van der Waals surface area contributed by atoms with E-state index in [4.69, 9.17) is 14.2 Å². The SMILES string of the molecule is CCCCOc1ccc(C2C(=C(O)c3ccc(C)cc3)C(=O)C(=O)N2CCN2CCOCC2)cc1OCC. The van der Waals surface area contributed by atoms with Gasteiger partial charge in [0.25, 0.3) is 11.7 Å². The molecular weight excluding hydrogens is 484 g/mol. The van der Waals surface area contributed by atoms with Gasteiger partial charge in [0.2, 0.25) is 0 Å². The van der Waals surface area contributed by atoms with Gasteiger partial charge in [-0.25, -0.2) is 0 Å². The van der Waals surface area contributed by atoms with Crippen molar-refractivity contribution in [2.24, 2.45) is 0 Å². The van der Waals surface area contributed by atoms with E-state index in [2.05, 4.69) is 11.8 Å². The summed E-state index contributed by atoms with van der Waals surface area (Å²) in [6.45, 7) is 10.8. The average molecular weight is 523 g/mol. The Hall–Kier alpha value is -3.36. The number of likely N-dealkylation sites (tertiary alicyclic amines) is 1. The van der Waals surface area contributed by atoms with Crippen LogP contribution in [-0.4, -0.2) is 79.2 Å². The number of rotatable bonds is 11. The summed E-state index contributed by atoms with van der Waals surface area (Å²) >= 11 is 0. The molecule has 8 heteroatoms. The van der Waals surface area contributed by atoms with E-state index >= 15 is 0 Å². The molecule has 1 N–H and O–H groups in total. The average Bonchev–Trinajstić information content (AvgIpc) is 3.18. The van der Waals surface area contributed by atoms with E-state index in [0.29, 0.717) is 62.1 Å². The third kappa shape index (κ3) is 6.19. The molecular formula is C30H38N2O6. The van der Waals surface area contributed by atoms with Crippen molar-refractivity contribution in [2.45, 2.75) is 39.7 Å². The number of hydrogen-bond donors (Lipinski definition) is 1. The van der Waals surface area contributed by atoms with Crippen LogP contribution in [0.25, 0.3) is 5.76 Å². The molecule has 0 radical (unpaired) electrons. The standard InChI is InChI=1S/C30H38N2O6/c1-4-6-17-38-24-12-11-23(20-25(24)37-5-2)27-26(28(33)22-9-7-21(3)8-10-22)29(34)30(35)32(27)14-13-31-15-18-36-19-16-31/h7-12,20,27,33H,4-6,13-19H2,1-3H3. The molecule has 2 aliphatic heterocycles. The van der Waals surface area contributed by atoms with Gasteiger partial charge in [-0.2, -0.15) is 0 Å². The van der Waals surface area contributed by atoms with Crippen LogP contribution in [0.5, 0.6) is 11.5 Å². The van der Waals surface area contributed by atoms with Crippen LogP contribution < -0.4 is 9.47 Å². The molecule has 0 spiro atoms. The first-order valence-corrected chi connectivity index (χ1v) is 13.5. The molecule has 4 rings (SSSR count). The number of aryl methyl sites for hydroxylation is 1. The minimum Gasteiger partial charge on any atom is -0.507 e. The third-order valence-corrected chi connectivity index (χ3v) is 6.96. The maximum atomic E-state index is 13.4. The zero-order valence-electron chi connectivity index (χ0n) is 22.6. The van der Waals surface area contributed by atoms with Gasteiger partial charge in [-0.05, 0) is 38.0 Å². The number of morpholine rings is 1. The van der Waals surface area contributed by atoms with Crippen molar-refractivity contribution in [3.8, 4) is 11.5 Å². The molecule has 2 aromatic rings. The van der Waals surface area contributed by atoms with E-state index in [1.165, 1.54) is 0 Å². The summed E-state index contributed by atoms with van der Waals surface area (Å²) < 4.78 is 17.3. The molecule has 204 valence electrons. The van der Waals surface area contributed by atoms with Crippen LogP contribution in [0.2, 0.25) is 0 Å². The summed E-state index contributed by atoms with van der Waals surface area (Å²) in [6, 6.07) is 12.0. The Labute approximate surface area is 224 Å². The number of unbranched alkanes of at least 4 members (excludes halogenated alkanes) is 1. The molecule has 2 heterocycles. The van der Waals surface area contributed by atoms with E-state index in [-0.39, 0.29) is 11.3 Å². The lowest BCUT2D eigenvalue weighted by molar-refractivity contribution is -0.140. The lowest BCUT2D eigenvalue weighted by Crippen LogP contribution is -2.42. The molecule has 0 aromatic heterocycles. The summed E-state index contributed by atoms with van der Waals surface area (Å²) in [5, 5.41) is 11.3. The number of carbonyl (C=O) groups is 2. The summed E-state index contributed by atoms with van der Waals surface area (Å²) in [5.41, 5.74) is 2.30. The second-order valence-corrected chi connectivity index (χ2v) is 9.65. The van der Waals surface area contributed by atoms with Gasteiger partial charge in [-0.15, -0.1) is 0 Å². The van der Waals surface area contributed by atoms with E-state index in [0.717, 1.165) is 31.5 Å². The number of nitrogens with zero attached hydrogens (tertiary/aromatic N) is 2. The van der Waals surface area contributed by atoms with E-state index < -0.39 is 17.7 Å². The number of ketones is 1. The maximum absolute atomic E-state index is 13.4. The van der Waals surface area contributed by atoms with Gasteiger partial charge in [-0.3, -0.25) is 14.5 Å². The fourth-order valence-corrected chi connectivity index (χ4v) is 4.81. The first-order valence-electron chi connectivity index (χ1n) is 13.5. The predicted molar refractivity (Wildman–Crippen MR) is 145 cm³/mol. The first-order chi connectivity index (χ1) is 18.4. The van der Waals surface area contributed by atoms with Crippen molar-refractivity contribution in [3.05, 3.63) is 64.7 Å². The Morgan fingerprint density at radius 1 is 1.00 bits per heavy atom. The van der Waals surface area contributed by atoms with Crippen LogP contribution >= 0.6 is 0 Å². The number of ether oxygens (including phenoxy) is 3. The fraction of sp³-hybridized carbons (Fsp3) is 0.467. The summed E-state index contributed by atoms with van der Waals surface area (Å²) in [5.74, 6) is -0.305. The van der Waals surface area contributed by atoms with Crippen LogP contribution in [0.1, 0.15) is 49.4 Å². The Morgan fingerprint density at radius 3 is 2.42 bits per heavy atom. The molecule has 2 fully saturated rings. The van der Waals surface area contributed by atoms with Gasteiger partial charge in [0.1, 0.15) is 5.76 Å². The molecule has 1 unspecified atom stereocenters. The van der Waals surface area contributed by atoms with Crippen molar-refractivity contribution in [3.63, 3.8) is 0 Å². The third-order valence-electron chi connectivity index (χ3n) is 6.96. The lowest BCUT2D eigenvalue weighted by Gasteiger charge is -2.31. The smallest absolute Gasteiger partial charge is 0.295 e. The molecule has 0 aliphatic carbocycles. The normalized spacial score (nSPS) is 19.7. The number of aliphatic hydroxyl groups is 1. The minimum atomic E-state index is -0.749. The Kier molecular flexibility index (Phi) is 9.42. The van der Waals surface area contributed by atoms with Gasteiger partial charge in [-0.1, -0.05) is 49.2 Å².